The molecule has 3 unspecified atom stereocenters. The summed E-state index contributed by atoms with van der Waals surface area (Å²) in [7, 11) is 0. The molecular formula is C12H19NO4. The molecule has 2 aliphatic rings. The number of carbonyl (C=O) groups is 2. The molecule has 1 heterocycles. The van der Waals surface area contributed by atoms with E-state index < -0.39 is 12.2 Å². The van der Waals surface area contributed by atoms with Crippen LogP contribution in [0.25, 0.3) is 0 Å². The summed E-state index contributed by atoms with van der Waals surface area (Å²) in [6.45, 7) is 1.94. The topological polar surface area (TPSA) is 66.8 Å². The summed E-state index contributed by atoms with van der Waals surface area (Å²) in [6, 6.07) is -0.179. The van der Waals surface area contributed by atoms with Gasteiger partial charge in [0, 0.05) is 6.04 Å². The third-order valence-corrected chi connectivity index (χ3v) is 3.70. The van der Waals surface area contributed by atoms with Crippen LogP contribution in [0.2, 0.25) is 0 Å². The molecule has 5 nitrogen and oxygen atoms in total. The summed E-state index contributed by atoms with van der Waals surface area (Å²) in [5.41, 5.74) is 0. The van der Waals surface area contributed by atoms with E-state index in [4.69, 9.17) is 4.74 Å². The number of ether oxygens (including phenoxy) is 1. The van der Waals surface area contributed by atoms with E-state index in [1.807, 2.05) is 0 Å². The fourth-order valence-corrected chi connectivity index (χ4v) is 2.90. The van der Waals surface area contributed by atoms with Gasteiger partial charge in [0.05, 0.1) is 6.10 Å². The summed E-state index contributed by atoms with van der Waals surface area (Å²) in [4.78, 5) is 24.4. The van der Waals surface area contributed by atoms with Crippen LogP contribution in [0.15, 0.2) is 0 Å². The van der Waals surface area contributed by atoms with Gasteiger partial charge in [-0.1, -0.05) is 13.3 Å². The molecule has 1 saturated carbocycles. The second kappa shape index (κ2) is 5.04. The molecule has 0 aromatic heterocycles. The molecule has 0 aromatic rings. The van der Waals surface area contributed by atoms with E-state index in [-0.39, 0.29) is 18.6 Å². The van der Waals surface area contributed by atoms with Crippen LogP contribution < -0.4 is 0 Å². The Labute approximate surface area is 101 Å². The average molecular weight is 241 g/mol. The van der Waals surface area contributed by atoms with Gasteiger partial charge in [0.25, 0.3) is 5.91 Å². The highest BCUT2D eigenvalue weighted by atomic mass is 16.6. The summed E-state index contributed by atoms with van der Waals surface area (Å²) in [6.07, 6.45) is 3.17. The molecule has 0 aromatic carbocycles. The SMILES string of the molecule is CCCC1CCC(O)CC1N1C(=O)COC1=O. The molecule has 3 atom stereocenters. The lowest BCUT2D eigenvalue weighted by Gasteiger charge is -2.37. The largest absolute Gasteiger partial charge is 0.439 e. The number of nitrogens with zero attached hydrogens (tertiary/aromatic N) is 1. The number of hydrogen-bond donors (Lipinski definition) is 1. The Morgan fingerprint density at radius 2 is 2.18 bits per heavy atom. The Hall–Kier alpha value is -1.10. The third kappa shape index (κ3) is 2.44. The zero-order chi connectivity index (χ0) is 12.4. The quantitative estimate of drug-likeness (QED) is 0.808. The van der Waals surface area contributed by atoms with Crippen LogP contribution in [0.4, 0.5) is 4.79 Å². The Morgan fingerprint density at radius 1 is 1.41 bits per heavy atom. The smallest absolute Gasteiger partial charge is 0.417 e. The second-order valence-corrected chi connectivity index (χ2v) is 4.90. The van der Waals surface area contributed by atoms with Crippen LogP contribution in [0, 0.1) is 5.92 Å². The van der Waals surface area contributed by atoms with Crippen LogP contribution in [0.5, 0.6) is 0 Å². The molecule has 1 saturated heterocycles. The van der Waals surface area contributed by atoms with Crippen molar-refractivity contribution in [2.75, 3.05) is 6.61 Å². The van der Waals surface area contributed by atoms with E-state index in [1.165, 1.54) is 4.90 Å². The van der Waals surface area contributed by atoms with E-state index in [1.54, 1.807) is 0 Å². The zero-order valence-corrected chi connectivity index (χ0v) is 10.1. The number of imide groups is 1. The summed E-state index contributed by atoms with van der Waals surface area (Å²) < 4.78 is 4.75. The van der Waals surface area contributed by atoms with Crippen molar-refractivity contribution in [2.24, 2.45) is 5.92 Å². The molecule has 96 valence electrons. The van der Waals surface area contributed by atoms with Gasteiger partial charge in [-0.3, -0.25) is 4.79 Å². The molecule has 1 aliphatic heterocycles. The van der Waals surface area contributed by atoms with Crippen LogP contribution in [0.3, 0.4) is 0 Å². The van der Waals surface area contributed by atoms with Gasteiger partial charge in [-0.25, -0.2) is 9.69 Å². The van der Waals surface area contributed by atoms with Crippen molar-refractivity contribution >= 4 is 12.0 Å². The van der Waals surface area contributed by atoms with Crippen molar-refractivity contribution in [1.82, 2.24) is 4.90 Å². The normalized spacial score (nSPS) is 34.0. The van der Waals surface area contributed by atoms with Crippen molar-refractivity contribution in [1.29, 1.82) is 0 Å². The van der Waals surface area contributed by atoms with E-state index in [2.05, 4.69) is 6.92 Å². The van der Waals surface area contributed by atoms with Crippen molar-refractivity contribution < 1.29 is 19.4 Å². The maximum absolute atomic E-state index is 11.6. The van der Waals surface area contributed by atoms with E-state index in [0.717, 1.165) is 25.7 Å². The van der Waals surface area contributed by atoms with E-state index in [9.17, 15) is 14.7 Å². The van der Waals surface area contributed by atoms with Gasteiger partial charge in [-0.2, -0.15) is 0 Å². The highest BCUT2D eigenvalue weighted by molar-refractivity contribution is 5.98. The minimum Gasteiger partial charge on any atom is -0.439 e. The standard InChI is InChI=1S/C12H19NO4/c1-2-3-8-4-5-9(14)6-10(8)13-11(15)7-17-12(13)16/h8-10,14H,2-7H2,1H3. The van der Waals surface area contributed by atoms with Crippen molar-refractivity contribution in [3.8, 4) is 0 Å². The fourth-order valence-electron chi connectivity index (χ4n) is 2.90. The van der Waals surface area contributed by atoms with Gasteiger partial charge >= 0.3 is 6.09 Å². The summed E-state index contributed by atoms with van der Waals surface area (Å²) in [5, 5.41) is 9.71. The molecule has 0 spiro atoms. The van der Waals surface area contributed by atoms with Gasteiger partial charge in [0.15, 0.2) is 6.61 Å². The maximum atomic E-state index is 11.6. The highest BCUT2D eigenvalue weighted by Crippen LogP contribution is 2.33. The van der Waals surface area contributed by atoms with Crippen molar-refractivity contribution in [3.05, 3.63) is 0 Å². The molecule has 1 N–H and O–H groups in total. The van der Waals surface area contributed by atoms with Crippen molar-refractivity contribution in [2.45, 2.75) is 51.2 Å². The minimum absolute atomic E-state index is 0.149. The minimum atomic E-state index is -0.546. The van der Waals surface area contributed by atoms with Gasteiger partial charge in [-0.15, -0.1) is 0 Å². The van der Waals surface area contributed by atoms with Crippen LogP contribution in [-0.4, -0.2) is 40.8 Å². The average Bonchev–Trinajstić information content (AvgIpc) is 2.62. The lowest BCUT2D eigenvalue weighted by Crippen LogP contribution is -2.48. The molecule has 5 heteroatoms. The van der Waals surface area contributed by atoms with Crippen molar-refractivity contribution in [3.63, 3.8) is 0 Å². The van der Waals surface area contributed by atoms with Crippen LogP contribution in [-0.2, 0) is 9.53 Å². The Kier molecular flexibility index (Phi) is 3.66. The first-order valence-electron chi connectivity index (χ1n) is 6.30. The van der Waals surface area contributed by atoms with Gasteiger partial charge < -0.3 is 9.84 Å². The van der Waals surface area contributed by atoms with Crippen LogP contribution >= 0.6 is 0 Å². The molecule has 1 aliphatic carbocycles. The third-order valence-electron chi connectivity index (χ3n) is 3.70. The molecule has 17 heavy (non-hydrogen) atoms. The Balaban J connectivity index is 2.13. The predicted molar refractivity (Wildman–Crippen MR) is 60.2 cm³/mol. The highest BCUT2D eigenvalue weighted by Gasteiger charge is 2.42. The fraction of sp³-hybridized carbons (Fsp3) is 0.833. The molecule has 2 fully saturated rings. The number of aliphatic hydroxyl groups is 1. The number of rotatable bonds is 3. The monoisotopic (exact) mass is 241 g/mol. The van der Waals surface area contributed by atoms with Gasteiger partial charge in [0.2, 0.25) is 0 Å². The lowest BCUT2D eigenvalue weighted by molar-refractivity contribution is -0.129. The Morgan fingerprint density at radius 3 is 2.76 bits per heavy atom. The first kappa shape index (κ1) is 12.4. The first-order valence-corrected chi connectivity index (χ1v) is 6.30. The lowest BCUT2D eigenvalue weighted by atomic mass is 9.79. The van der Waals surface area contributed by atoms with Gasteiger partial charge in [-0.05, 0) is 31.6 Å². The Bertz CT molecular complexity index is 302. The molecule has 0 radical (unpaired) electrons. The van der Waals surface area contributed by atoms with Gasteiger partial charge in [0.1, 0.15) is 0 Å². The number of carbonyl (C=O) groups excluding carboxylic acids is 2. The van der Waals surface area contributed by atoms with E-state index >= 15 is 0 Å². The predicted octanol–water partition coefficient (Wildman–Crippen LogP) is 1.29. The molecular weight excluding hydrogens is 222 g/mol. The zero-order valence-electron chi connectivity index (χ0n) is 10.1. The molecule has 2 rings (SSSR count). The summed E-state index contributed by atoms with van der Waals surface area (Å²) >= 11 is 0. The number of cyclic esters (lactones) is 1. The molecule has 2 amide bonds. The summed E-state index contributed by atoms with van der Waals surface area (Å²) in [5.74, 6) is 0.0354. The molecule has 0 bridgehead atoms. The first-order chi connectivity index (χ1) is 8.13. The number of aliphatic hydroxyl groups excluding tert-OH is 1. The van der Waals surface area contributed by atoms with Crippen LogP contribution in [0.1, 0.15) is 39.0 Å². The van der Waals surface area contributed by atoms with E-state index in [0.29, 0.717) is 12.3 Å². The second-order valence-electron chi connectivity index (χ2n) is 4.90. The number of hydrogen-bond acceptors (Lipinski definition) is 4. The number of amides is 2. The maximum Gasteiger partial charge on any atom is 0.417 e.